The van der Waals surface area contributed by atoms with E-state index < -0.39 is 0 Å². The van der Waals surface area contributed by atoms with Gasteiger partial charge in [-0.15, -0.1) is 11.3 Å². The van der Waals surface area contributed by atoms with Crippen molar-refractivity contribution in [2.24, 2.45) is 5.14 Å². The molecule has 7 heteroatoms. The molecule has 1 aromatic carbocycles. The summed E-state index contributed by atoms with van der Waals surface area (Å²) in [5, 5.41) is 15.7. The van der Waals surface area contributed by atoms with Gasteiger partial charge in [-0.1, -0.05) is 0 Å². The molecular formula is C8H7ClNNaO2S2. The minimum atomic E-state index is 0. The van der Waals surface area contributed by atoms with Gasteiger partial charge in [0.2, 0.25) is 0 Å². The Balaban J connectivity index is 0.000000617. The molecule has 0 atom stereocenters. The van der Waals surface area contributed by atoms with Crippen LogP contribution in [0.4, 0.5) is 0 Å². The molecular weight excluding hydrogens is 265 g/mol. The number of phenolic OH excluding ortho intramolecular Hbond substituents is 1. The van der Waals surface area contributed by atoms with Gasteiger partial charge in [0.15, 0.2) is 0 Å². The molecule has 1 aromatic heterocycles. The first kappa shape index (κ1) is 15.5. The van der Waals surface area contributed by atoms with E-state index in [-0.39, 0.29) is 29.6 Å². The number of nitrogens with two attached hydrogens (primary N) is 1. The molecule has 0 spiro atoms. The van der Waals surface area contributed by atoms with Gasteiger partial charge in [0.05, 0.1) is 4.21 Å². The molecule has 0 unspecified atom stereocenters. The van der Waals surface area contributed by atoms with E-state index in [1.165, 1.54) is 11.9 Å². The van der Waals surface area contributed by atoms with E-state index in [0.717, 1.165) is 14.3 Å². The molecule has 15 heavy (non-hydrogen) atoms. The molecule has 0 amide bonds. The van der Waals surface area contributed by atoms with Crippen LogP contribution >= 0.6 is 35.2 Å². The van der Waals surface area contributed by atoms with Gasteiger partial charge in [0, 0.05) is 4.70 Å². The molecule has 0 saturated carbocycles. The molecule has 3 nitrogen and oxygen atoms in total. The van der Waals surface area contributed by atoms with Crippen molar-refractivity contribution in [1.82, 2.24) is 0 Å². The van der Waals surface area contributed by atoms with Crippen LogP contribution in [0.1, 0.15) is 0 Å². The number of aromatic hydroxyl groups is 1. The van der Waals surface area contributed by atoms with Crippen LogP contribution in [0.2, 0.25) is 0 Å². The zero-order chi connectivity index (χ0) is 10.6. The summed E-state index contributed by atoms with van der Waals surface area (Å²) >= 11 is 6.22. The molecule has 0 saturated heterocycles. The van der Waals surface area contributed by atoms with E-state index in [9.17, 15) is 5.11 Å². The van der Waals surface area contributed by atoms with Crippen LogP contribution in [0.5, 0.6) is 5.75 Å². The fourth-order valence-electron chi connectivity index (χ4n) is 1.05. The van der Waals surface area contributed by atoms with Crippen molar-refractivity contribution in [2.75, 3.05) is 0 Å². The van der Waals surface area contributed by atoms with Crippen molar-refractivity contribution in [2.45, 2.75) is 4.21 Å². The Bertz CT molecular complexity index is 424. The average Bonchev–Trinajstić information content (AvgIpc) is 2.62. The Labute approximate surface area is 123 Å². The fourth-order valence-corrected chi connectivity index (χ4v) is 2.54. The maximum atomic E-state index is 9.18. The van der Waals surface area contributed by atoms with Gasteiger partial charge in [-0.05, 0) is 41.6 Å². The molecule has 0 bridgehead atoms. The fraction of sp³-hybridized carbons (Fsp3) is 0. The molecule has 1 heterocycles. The molecule has 0 aliphatic heterocycles. The topological polar surface area (TPSA) is 69.3 Å². The van der Waals surface area contributed by atoms with Crippen LogP contribution in [0.15, 0.2) is 28.5 Å². The Morgan fingerprint density at radius 3 is 2.60 bits per heavy atom. The predicted molar refractivity (Wildman–Crippen MR) is 59.4 cm³/mol. The third kappa shape index (κ3) is 4.13. The van der Waals surface area contributed by atoms with Gasteiger partial charge in [-0.25, -0.2) is 11.9 Å². The molecule has 0 aliphatic rings. The van der Waals surface area contributed by atoms with Gasteiger partial charge in [-0.2, -0.15) is 0 Å². The summed E-state index contributed by atoms with van der Waals surface area (Å²) in [5.74, 6) is 0.304. The van der Waals surface area contributed by atoms with E-state index in [2.05, 4.69) is 11.9 Å². The van der Waals surface area contributed by atoms with E-state index in [0.29, 0.717) is 5.75 Å². The largest absolute Gasteiger partial charge is 1.00 e. The van der Waals surface area contributed by atoms with Crippen LogP contribution in [-0.2, 0) is 0 Å². The van der Waals surface area contributed by atoms with Crippen LogP contribution < -0.4 is 39.4 Å². The summed E-state index contributed by atoms with van der Waals surface area (Å²) in [6.45, 7) is 0. The van der Waals surface area contributed by atoms with Gasteiger partial charge in [0.1, 0.15) is 5.75 Å². The summed E-state index contributed by atoms with van der Waals surface area (Å²) in [7, 11) is 0. The third-order valence-electron chi connectivity index (χ3n) is 1.60. The van der Waals surface area contributed by atoms with E-state index in [1.807, 2.05) is 12.1 Å². The Morgan fingerprint density at radius 2 is 2.00 bits per heavy atom. The number of fused-ring (bicyclic) bond motifs is 1. The minimum Gasteiger partial charge on any atom is -0.769 e. The monoisotopic (exact) mass is 271 g/mol. The molecule has 76 valence electrons. The van der Waals surface area contributed by atoms with Gasteiger partial charge >= 0.3 is 29.6 Å². The molecule has 0 radical (unpaired) electrons. The van der Waals surface area contributed by atoms with Crippen molar-refractivity contribution < 1.29 is 39.3 Å². The molecule has 3 N–H and O–H groups in total. The number of hydrogen-bond donors (Lipinski definition) is 2. The zero-order valence-electron chi connectivity index (χ0n) is 7.94. The summed E-state index contributed by atoms with van der Waals surface area (Å²) < 4.78 is 9.86. The van der Waals surface area contributed by atoms with Gasteiger partial charge in [-0.3, -0.25) is 5.14 Å². The average molecular weight is 272 g/mol. The predicted octanol–water partition coefficient (Wildman–Crippen LogP) is -0.923. The molecule has 0 aliphatic carbocycles. The zero-order valence-corrected chi connectivity index (χ0v) is 12.3. The molecule has 2 rings (SSSR count). The van der Waals surface area contributed by atoms with E-state index >= 15 is 0 Å². The number of thiophene rings is 1. The number of halogens is 1. The standard InChI is InChI=1S/C8H7NOS2.ClO.Na/c9-12-8-3-5-1-2-6(10)4-7(5)11-8;1-2;/h1-4,10H,9H2;;/q;-1;+1. The SMILES string of the molecule is NSc1cc2ccc(O)cc2s1.[Na+].[O-]Cl. The van der Waals surface area contributed by atoms with Crippen molar-refractivity contribution >= 4 is 45.2 Å². The van der Waals surface area contributed by atoms with Crippen molar-refractivity contribution in [3.8, 4) is 5.75 Å². The number of rotatable bonds is 1. The Kier molecular flexibility index (Phi) is 8.03. The van der Waals surface area contributed by atoms with Gasteiger partial charge < -0.3 is 9.77 Å². The second-order valence-corrected chi connectivity index (χ2v) is 4.42. The van der Waals surface area contributed by atoms with Crippen LogP contribution in [0.3, 0.4) is 0 Å². The number of phenols is 1. The number of hydrogen-bond acceptors (Lipinski definition) is 5. The molecule has 2 aromatic rings. The normalized spacial score (nSPS) is 9.00. The second kappa shape index (κ2) is 7.76. The van der Waals surface area contributed by atoms with Crippen LogP contribution in [0, 0.1) is 0 Å². The first-order valence-electron chi connectivity index (χ1n) is 3.54. The summed E-state index contributed by atoms with van der Waals surface area (Å²) in [5.41, 5.74) is 0. The van der Waals surface area contributed by atoms with Crippen molar-refractivity contribution in [3.63, 3.8) is 0 Å². The summed E-state index contributed by atoms with van der Waals surface area (Å²) in [4.78, 5) is 0. The maximum Gasteiger partial charge on any atom is 1.00 e. The maximum absolute atomic E-state index is 9.18. The Hall–Kier alpha value is 0.540. The Morgan fingerprint density at radius 1 is 1.33 bits per heavy atom. The number of benzene rings is 1. The van der Waals surface area contributed by atoms with Gasteiger partial charge in [0.25, 0.3) is 0 Å². The minimum absolute atomic E-state index is 0. The first-order chi connectivity index (χ1) is 6.79. The quantitative estimate of drug-likeness (QED) is 0.520. The van der Waals surface area contributed by atoms with Crippen molar-refractivity contribution in [3.05, 3.63) is 24.3 Å². The summed E-state index contributed by atoms with van der Waals surface area (Å²) in [6.07, 6.45) is 0. The third-order valence-corrected chi connectivity index (χ3v) is 3.38. The van der Waals surface area contributed by atoms with Crippen LogP contribution in [0.25, 0.3) is 10.1 Å². The smallest absolute Gasteiger partial charge is 0.769 e. The first-order valence-corrected chi connectivity index (χ1v) is 5.55. The van der Waals surface area contributed by atoms with Crippen LogP contribution in [-0.4, -0.2) is 5.11 Å². The van der Waals surface area contributed by atoms with E-state index in [4.69, 9.17) is 9.80 Å². The molecule has 0 fully saturated rings. The van der Waals surface area contributed by atoms with E-state index in [1.54, 1.807) is 23.5 Å². The van der Waals surface area contributed by atoms with Crippen molar-refractivity contribution in [1.29, 1.82) is 0 Å². The second-order valence-electron chi connectivity index (χ2n) is 2.41. The summed E-state index contributed by atoms with van der Waals surface area (Å²) in [6, 6.07) is 7.34.